The molecule has 0 spiro atoms. The van der Waals surface area contributed by atoms with Crippen LogP contribution in [0.1, 0.15) is 31.4 Å². The van der Waals surface area contributed by atoms with Gasteiger partial charge in [0.15, 0.2) is 5.76 Å². The Labute approximate surface area is 186 Å². The summed E-state index contributed by atoms with van der Waals surface area (Å²) in [6.07, 6.45) is 2.79. The predicted octanol–water partition coefficient (Wildman–Crippen LogP) is 2.96. The number of methoxy groups -OCH3 is 1. The number of carbonyl (C=O) groups is 1. The van der Waals surface area contributed by atoms with Crippen LogP contribution in [0.25, 0.3) is 11.5 Å². The molecule has 2 atom stereocenters. The van der Waals surface area contributed by atoms with E-state index in [1.165, 1.54) is 10.4 Å². The van der Waals surface area contributed by atoms with Crippen LogP contribution in [0.15, 0.2) is 58.2 Å². The number of aromatic amines is 1. The molecule has 2 aromatic heterocycles. The molecule has 1 saturated heterocycles. The fraction of sp³-hybridized carbons (Fsp3) is 0.364. The Bertz CT molecular complexity index is 1160. The number of carbonyl (C=O) groups excluding carboxylic acids is 1. The molecule has 170 valence electrons. The van der Waals surface area contributed by atoms with Gasteiger partial charge < -0.3 is 14.5 Å². The largest absolute Gasteiger partial charge is 0.497 e. The van der Waals surface area contributed by atoms with E-state index in [-0.39, 0.29) is 23.6 Å². The number of amides is 1. The van der Waals surface area contributed by atoms with Crippen molar-refractivity contribution in [2.45, 2.75) is 30.9 Å². The second kappa shape index (κ2) is 9.17. The minimum Gasteiger partial charge on any atom is -0.497 e. The zero-order valence-corrected chi connectivity index (χ0v) is 18.8. The van der Waals surface area contributed by atoms with Crippen LogP contribution >= 0.6 is 0 Å². The van der Waals surface area contributed by atoms with Crippen LogP contribution in [0.4, 0.5) is 0 Å². The number of sulfonamides is 1. The molecule has 2 N–H and O–H groups in total. The SMILES string of the molecule is COc1ccc([C@H](C)NC(=O)[C@H]2CCCN(S(=O)(=O)c3ccc(-c4ccn[nH]4)o3)C2)cc1. The monoisotopic (exact) mass is 458 g/mol. The molecule has 1 fully saturated rings. The summed E-state index contributed by atoms with van der Waals surface area (Å²) in [4.78, 5) is 12.9. The van der Waals surface area contributed by atoms with Crippen molar-refractivity contribution in [1.82, 2.24) is 19.8 Å². The number of H-pyrrole nitrogens is 1. The van der Waals surface area contributed by atoms with Crippen LogP contribution < -0.4 is 10.1 Å². The van der Waals surface area contributed by atoms with E-state index in [0.717, 1.165) is 11.3 Å². The van der Waals surface area contributed by atoms with E-state index in [0.29, 0.717) is 30.8 Å². The number of nitrogens with zero attached hydrogens (tertiary/aromatic N) is 2. The molecule has 0 radical (unpaired) electrons. The average Bonchev–Trinajstić information content (AvgIpc) is 3.51. The van der Waals surface area contributed by atoms with Crippen LogP contribution in [0, 0.1) is 5.92 Å². The second-order valence-corrected chi connectivity index (χ2v) is 9.66. The number of rotatable bonds is 7. The summed E-state index contributed by atoms with van der Waals surface area (Å²) < 4.78 is 38.3. The standard InChI is InChI=1S/C22H26N4O5S/c1-15(16-5-7-18(30-2)8-6-16)24-22(27)17-4-3-13-26(14-17)32(28,29)21-10-9-20(31-21)19-11-12-23-25-19/h5-12,15,17H,3-4,13-14H2,1-2H3,(H,23,25)(H,24,27)/t15-,17-/m0/s1. The summed E-state index contributed by atoms with van der Waals surface area (Å²) in [6.45, 7) is 2.36. The van der Waals surface area contributed by atoms with Crippen molar-refractivity contribution in [1.29, 1.82) is 0 Å². The first-order chi connectivity index (χ1) is 15.4. The van der Waals surface area contributed by atoms with Crippen molar-refractivity contribution in [3.05, 3.63) is 54.2 Å². The van der Waals surface area contributed by atoms with E-state index in [9.17, 15) is 13.2 Å². The van der Waals surface area contributed by atoms with Crippen molar-refractivity contribution in [2.24, 2.45) is 5.92 Å². The number of benzene rings is 1. The van der Waals surface area contributed by atoms with Crippen molar-refractivity contribution >= 4 is 15.9 Å². The number of hydrogen-bond acceptors (Lipinski definition) is 6. The lowest BCUT2D eigenvalue weighted by Gasteiger charge is -2.31. The fourth-order valence-electron chi connectivity index (χ4n) is 3.81. The van der Waals surface area contributed by atoms with Crippen molar-refractivity contribution < 1.29 is 22.4 Å². The maximum atomic E-state index is 13.1. The maximum absolute atomic E-state index is 13.1. The molecule has 9 nitrogen and oxygen atoms in total. The molecule has 1 aliphatic rings. The molecule has 1 aromatic carbocycles. The first-order valence-corrected chi connectivity index (χ1v) is 11.9. The van der Waals surface area contributed by atoms with Gasteiger partial charge in [0.2, 0.25) is 11.0 Å². The van der Waals surface area contributed by atoms with Gasteiger partial charge in [0.1, 0.15) is 11.4 Å². The van der Waals surface area contributed by atoms with Crippen molar-refractivity contribution in [3.8, 4) is 17.2 Å². The minimum absolute atomic E-state index is 0.115. The van der Waals surface area contributed by atoms with Crippen molar-refractivity contribution in [2.75, 3.05) is 20.2 Å². The lowest BCUT2D eigenvalue weighted by atomic mass is 9.98. The summed E-state index contributed by atoms with van der Waals surface area (Å²) in [5, 5.41) is 9.45. The summed E-state index contributed by atoms with van der Waals surface area (Å²) in [6, 6.07) is 12.0. The topological polar surface area (TPSA) is 118 Å². The van der Waals surface area contributed by atoms with Gasteiger partial charge in [-0.25, -0.2) is 8.42 Å². The number of nitrogens with one attached hydrogen (secondary N) is 2. The first-order valence-electron chi connectivity index (χ1n) is 10.4. The fourth-order valence-corrected chi connectivity index (χ4v) is 5.24. The van der Waals surface area contributed by atoms with E-state index in [2.05, 4.69) is 15.5 Å². The summed E-state index contributed by atoms with van der Waals surface area (Å²) in [7, 11) is -2.25. The average molecular weight is 459 g/mol. The Morgan fingerprint density at radius 1 is 1.25 bits per heavy atom. The molecule has 1 amide bonds. The molecule has 4 rings (SSSR count). The molecule has 10 heteroatoms. The van der Waals surface area contributed by atoms with Gasteiger partial charge in [-0.05, 0) is 55.7 Å². The van der Waals surface area contributed by atoms with Gasteiger partial charge in [0.05, 0.1) is 19.1 Å². The maximum Gasteiger partial charge on any atom is 0.276 e. The highest BCUT2D eigenvalue weighted by Crippen LogP contribution is 2.28. The van der Waals surface area contributed by atoms with Gasteiger partial charge in [0.25, 0.3) is 10.0 Å². The Morgan fingerprint density at radius 2 is 2.03 bits per heavy atom. The second-order valence-electron chi connectivity index (χ2n) is 7.79. The summed E-state index contributed by atoms with van der Waals surface area (Å²) >= 11 is 0. The lowest BCUT2D eigenvalue weighted by molar-refractivity contribution is -0.126. The Hall–Kier alpha value is -3.11. The van der Waals surface area contributed by atoms with Gasteiger partial charge in [0, 0.05) is 19.3 Å². The van der Waals surface area contributed by atoms with Crippen LogP contribution in [0.2, 0.25) is 0 Å². The summed E-state index contributed by atoms with van der Waals surface area (Å²) in [5.74, 6) is 0.543. The van der Waals surface area contributed by atoms with Crippen LogP contribution in [0.3, 0.4) is 0 Å². The highest BCUT2D eigenvalue weighted by Gasteiger charge is 2.35. The first kappa shape index (κ1) is 22.1. The van der Waals surface area contributed by atoms with Gasteiger partial charge in [-0.15, -0.1) is 0 Å². The third-order valence-corrected chi connectivity index (χ3v) is 7.41. The molecule has 32 heavy (non-hydrogen) atoms. The highest BCUT2D eigenvalue weighted by molar-refractivity contribution is 7.89. The quantitative estimate of drug-likeness (QED) is 0.562. The van der Waals surface area contributed by atoms with E-state index in [1.54, 1.807) is 25.4 Å². The molecule has 0 aliphatic carbocycles. The Morgan fingerprint density at radius 3 is 2.72 bits per heavy atom. The molecular weight excluding hydrogens is 432 g/mol. The third-order valence-electron chi connectivity index (χ3n) is 5.67. The smallest absolute Gasteiger partial charge is 0.276 e. The zero-order valence-electron chi connectivity index (χ0n) is 17.9. The minimum atomic E-state index is -3.85. The number of hydrogen-bond donors (Lipinski definition) is 2. The molecular formula is C22H26N4O5S. The molecule has 0 saturated carbocycles. The van der Waals surface area contributed by atoms with E-state index >= 15 is 0 Å². The number of ether oxygens (including phenoxy) is 1. The molecule has 3 aromatic rings. The number of piperidine rings is 1. The number of aromatic nitrogens is 2. The van der Waals surface area contributed by atoms with Crippen LogP contribution in [0.5, 0.6) is 5.75 Å². The Kier molecular flexibility index (Phi) is 6.33. The number of furan rings is 1. The lowest BCUT2D eigenvalue weighted by Crippen LogP contribution is -2.45. The molecule has 1 aliphatic heterocycles. The summed E-state index contributed by atoms with van der Waals surface area (Å²) in [5.41, 5.74) is 1.54. The Balaban J connectivity index is 1.42. The van der Waals surface area contributed by atoms with Gasteiger partial charge in [-0.1, -0.05) is 12.1 Å². The third kappa shape index (κ3) is 4.56. The van der Waals surface area contributed by atoms with Gasteiger partial charge >= 0.3 is 0 Å². The molecule has 0 bridgehead atoms. The van der Waals surface area contributed by atoms with Crippen LogP contribution in [-0.2, 0) is 14.8 Å². The van der Waals surface area contributed by atoms with Crippen LogP contribution in [-0.4, -0.2) is 49.0 Å². The van der Waals surface area contributed by atoms with Gasteiger partial charge in [-0.2, -0.15) is 9.40 Å². The van der Waals surface area contributed by atoms with Gasteiger partial charge in [-0.3, -0.25) is 9.89 Å². The molecule has 3 heterocycles. The van der Waals surface area contributed by atoms with Crippen molar-refractivity contribution in [3.63, 3.8) is 0 Å². The predicted molar refractivity (Wildman–Crippen MR) is 117 cm³/mol. The normalized spacial score (nSPS) is 18.2. The molecule has 0 unspecified atom stereocenters. The van der Waals surface area contributed by atoms with E-state index in [1.807, 2.05) is 31.2 Å². The van der Waals surface area contributed by atoms with E-state index in [4.69, 9.17) is 9.15 Å². The highest BCUT2D eigenvalue weighted by atomic mass is 32.2. The van der Waals surface area contributed by atoms with E-state index < -0.39 is 15.9 Å². The zero-order chi connectivity index (χ0) is 22.7.